The number of nitro groups is 1. The Bertz CT molecular complexity index is 541. The molecule has 1 aliphatic rings. The van der Waals surface area contributed by atoms with Crippen LogP contribution in [-0.4, -0.2) is 33.4 Å². The van der Waals surface area contributed by atoms with Gasteiger partial charge in [0.1, 0.15) is 5.56 Å². The number of carbonyl (C=O) groups is 1. The van der Waals surface area contributed by atoms with E-state index in [9.17, 15) is 14.9 Å². The van der Waals surface area contributed by atoms with Crippen molar-refractivity contribution in [1.82, 2.24) is 10.3 Å². The average molecular weight is 316 g/mol. The molecule has 0 saturated heterocycles. The second kappa shape index (κ2) is 6.41. The number of hydrogen-bond acceptors (Lipinski definition) is 5. The first kappa shape index (κ1) is 15.1. The maximum absolute atomic E-state index is 12.2. The Morgan fingerprint density at radius 2 is 2.35 bits per heavy atom. The Morgan fingerprint density at radius 1 is 1.60 bits per heavy atom. The lowest BCUT2D eigenvalue weighted by molar-refractivity contribution is -0.385. The SMILES string of the molecule is CSC1CCCC1NC(=O)c1ccnc(Cl)c1[N+](=O)[O-]. The van der Waals surface area contributed by atoms with Crippen molar-refractivity contribution in [1.29, 1.82) is 0 Å². The fourth-order valence-corrected chi connectivity index (χ4v) is 3.57. The van der Waals surface area contributed by atoms with Crippen LogP contribution in [0.2, 0.25) is 5.15 Å². The summed E-state index contributed by atoms with van der Waals surface area (Å²) in [4.78, 5) is 26.2. The topological polar surface area (TPSA) is 85.1 Å². The van der Waals surface area contributed by atoms with Crippen molar-refractivity contribution in [2.45, 2.75) is 30.6 Å². The largest absolute Gasteiger partial charge is 0.348 e. The van der Waals surface area contributed by atoms with E-state index in [4.69, 9.17) is 11.6 Å². The summed E-state index contributed by atoms with van der Waals surface area (Å²) in [6.45, 7) is 0. The molecule has 0 spiro atoms. The Kier molecular flexibility index (Phi) is 4.82. The summed E-state index contributed by atoms with van der Waals surface area (Å²) in [6.07, 6.45) is 6.29. The van der Waals surface area contributed by atoms with Gasteiger partial charge in [0.2, 0.25) is 5.15 Å². The van der Waals surface area contributed by atoms with E-state index in [0.29, 0.717) is 5.25 Å². The van der Waals surface area contributed by atoms with Gasteiger partial charge in [0.15, 0.2) is 0 Å². The molecule has 1 heterocycles. The van der Waals surface area contributed by atoms with Crippen molar-refractivity contribution in [3.63, 3.8) is 0 Å². The van der Waals surface area contributed by atoms with E-state index in [1.807, 2.05) is 6.26 Å². The highest BCUT2D eigenvalue weighted by molar-refractivity contribution is 7.99. The summed E-state index contributed by atoms with van der Waals surface area (Å²) in [6, 6.07) is 1.37. The van der Waals surface area contributed by atoms with Crippen LogP contribution in [0.5, 0.6) is 0 Å². The number of pyridine rings is 1. The molecule has 1 N–H and O–H groups in total. The van der Waals surface area contributed by atoms with E-state index < -0.39 is 16.5 Å². The van der Waals surface area contributed by atoms with E-state index in [0.717, 1.165) is 19.3 Å². The highest BCUT2D eigenvalue weighted by Gasteiger charge is 2.31. The van der Waals surface area contributed by atoms with Gasteiger partial charge in [-0.05, 0) is 25.2 Å². The van der Waals surface area contributed by atoms with E-state index in [2.05, 4.69) is 10.3 Å². The summed E-state index contributed by atoms with van der Waals surface area (Å²) in [5, 5.41) is 14.0. The van der Waals surface area contributed by atoms with Crippen molar-refractivity contribution >= 4 is 35.0 Å². The van der Waals surface area contributed by atoms with Gasteiger partial charge >= 0.3 is 5.69 Å². The zero-order valence-electron chi connectivity index (χ0n) is 10.8. The van der Waals surface area contributed by atoms with Gasteiger partial charge in [-0.1, -0.05) is 18.0 Å². The minimum atomic E-state index is -0.676. The number of nitrogens with one attached hydrogen (secondary N) is 1. The number of rotatable bonds is 4. The molecular weight excluding hydrogens is 302 g/mol. The standard InChI is InChI=1S/C12H14ClN3O3S/c1-20-9-4-2-3-8(9)15-12(17)7-5-6-14-11(13)10(7)16(18)19/h5-6,8-9H,2-4H2,1H3,(H,15,17). The first-order valence-electron chi connectivity index (χ1n) is 6.17. The highest BCUT2D eigenvalue weighted by atomic mass is 35.5. The molecule has 1 fully saturated rings. The Hall–Kier alpha value is -1.34. The second-order valence-electron chi connectivity index (χ2n) is 4.54. The van der Waals surface area contributed by atoms with Crippen LogP contribution in [0, 0.1) is 10.1 Å². The molecule has 1 aromatic rings. The Balaban J connectivity index is 2.21. The second-order valence-corrected chi connectivity index (χ2v) is 5.97. The molecule has 8 heteroatoms. The van der Waals surface area contributed by atoms with Crippen molar-refractivity contribution in [3.8, 4) is 0 Å². The molecule has 2 atom stereocenters. The molecule has 1 saturated carbocycles. The van der Waals surface area contributed by atoms with Gasteiger partial charge in [-0.15, -0.1) is 0 Å². The third-order valence-corrected chi connectivity index (χ3v) is 4.82. The number of nitrogens with zero attached hydrogens (tertiary/aromatic N) is 2. The lowest BCUT2D eigenvalue weighted by Gasteiger charge is -2.19. The van der Waals surface area contributed by atoms with Gasteiger partial charge in [-0.3, -0.25) is 14.9 Å². The molecule has 1 amide bonds. The molecule has 1 aliphatic carbocycles. The van der Waals surface area contributed by atoms with Crippen molar-refractivity contribution in [3.05, 3.63) is 33.1 Å². The maximum Gasteiger partial charge on any atom is 0.319 e. The smallest absolute Gasteiger partial charge is 0.319 e. The van der Waals surface area contributed by atoms with E-state index >= 15 is 0 Å². The molecule has 2 unspecified atom stereocenters. The number of hydrogen-bond donors (Lipinski definition) is 1. The van der Waals surface area contributed by atoms with Crippen LogP contribution in [0.15, 0.2) is 12.3 Å². The van der Waals surface area contributed by atoms with Crippen LogP contribution in [0.25, 0.3) is 0 Å². The van der Waals surface area contributed by atoms with Crippen LogP contribution < -0.4 is 5.32 Å². The van der Waals surface area contributed by atoms with E-state index in [-0.39, 0.29) is 16.8 Å². The third-order valence-electron chi connectivity index (χ3n) is 3.38. The molecule has 0 aromatic carbocycles. The average Bonchev–Trinajstić information content (AvgIpc) is 2.85. The number of aromatic nitrogens is 1. The quantitative estimate of drug-likeness (QED) is 0.524. The summed E-state index contributed by atoms with van der Waals surface area (Å²) in [5.74, 6) is -0.466. The molecule has 6 nitrogen and oxygen atoms in total. The molecule has 108 valence electrons. The Morgan fingerprint density at radius 3 is 3.00 bits per heavy atom. The normalized spacial score (nSPS) is 21.7. The fraction of sp³-hybridized carbons (Fsp3) is 0.500. The minimum Gasteiger partial charge on any atom is -0.348 e. The number of amides is 1. The van der Waals surface area contributed by atoms with Gasteiger partial charge in [0.05, 0.1) is 4.92 Å². The first-order valence-corrected chi connectivity index (χ1v) is 7.83. The molecule has 1 aromatic heterocycles. The van der Waals surface area contributed by atoms with E-state index in [1.165, 1.54) is 12.3 Å². The predicted octanol–water partition coefficient (Wildman–Crippen LogP) is 2.66. The van der Waals surface area contributed by atoms with Gasteiger partial charge in [-0.25, -0.2) is 4.98 Å². The number of halogens is 1. The van der Waals surface area contributed by atoms with Crippen molar-refractivity contribution < 1.29 is 9.72 Å². The molecule has 0 aliphatic heterocycles. The minimum absolute atomic E-state index is 0.0400. The third kappa shape index (κ3) is 3.04. The zero-order chi connectivity index (χ0) is 14.7. The van der Waals surface area contributed by atoms with Crippen LogP contribution in [0.3, 0.4) is 0 Å². The first-order chi connectivity index (χ1) is 9.54. The van der Waals surface area contributed by atoms with Crippen LogP contribution in [0.1, 0.15) is 29.6 Å². The molecular formula is C12H14ClN3O3S. The Labute approximate surface area is 125 Å². The maximum atomic E-state index is 12.2. The lowest BCUT2D eigenvalue weighted by Crippen LogP contribution is -2.38. The lowest BCUT2D eigenvalue weighted by atomic mass is 10.2. The van der Waals surface area contributed by atoms with Crippen molar-refractivity contribution in [2.75, 3.05) is 6.26 Å². The number of thioether (sulfide) groups is 1. The van der Waals surface area contributed by atoms with Crippen LogP contribution in [0.4, 0.5) is 5.69 Å². The van der Waals surface area contributed by atoms with Crippen molar-refractivity contribution in [2.24, 2.45) is 0 Å². The summed E-state index contributed by atoms with van der Waals surface area (Å²) < 4.78 is 0. The summed E-state index contributed by atoms with van der Waals surface area (Å²) in [5.41, 5.74) is -0.480. The molecule has 20 heavy (non-hydrogen) atoms. The van der Waals surface area contributed by atoms with Crippen LogP contribution >= 0.6 is 23.4 Å². The molecule has 2 rings (SSSR count). The highest BCUT2D eigenvalue weighted by Crippen LogP contribution is 2.30. The monoisotopic (exact) mass is 315 g/mol. The molecule has 0 bridgehead atoms. The molecule has 0 radical (unpaired) electrons. The van der Waals surface area contributed by atoms with Gasteiger partial charge < -0.3 is 5.32 Å². The van der Waals surface area contributed by atoms with Crippen LogP contribution in [-0.2, 0) is 0 Å². The van der Waals surface area contributed by atoms with E-state index in [1.54, 1.807) is 11.8 Å². The van der Waals surface area contributed by atoms with Gasteiger partial charge in [-0.2, -0.15) is 11.8 Å². The summed E-state index contributed by atoms with van der Waals surface area (Å²) >= 11 is 7.41. The number of carbonyl (C=O) groups excluding carboxylic acids is 1. The van der Waals surface area contributed by atoms with Gasteiger partial charge in [0, 0.05) is 17.5 Å². The van der Waals surface area contributed by atoms with Gasteiger partial charge in [0.25, 0.3) is 5.91 Å². The fourth-order valence-electron chi connectivity index (χ4n) is 2.40. The zero-order valence-corrected chi connectivity index (χ0v) is 12.4. The summed E-state index contributed by atoms with van der Waals surface area (Å²) in [7, 11) is 0. The predicted molar refractivity (Wildman–Crippen MR) is 78.3 cm³/mol.